The van der Waals surface area contributed by atoms with Crippen LogP contribution >= 0.6 is 0 Å². The van der Waals surface area contributed by atoms with Crippen molar-refractivity contribution in [1.29, 1.82) is 0 Å². The number of rotatable bonds is 12. The van der Waals surface area contributed by atoms with E-state index in [0.29, 0.717) is 36.1 Å². The molecule has 6 rings (SSSR count). The number of carboxylic acids is 1. The maximum atomic E-state index is 12.6. The summed E-state index contributed by atoms with van der Waals surface area (Å²) in [5, 5.41) is 14.8. The van der Waals surface area contributed by atoms with Crippen LogP contribution in [-0.4, -0.2) is 82.4 Å². The van der Waals surface area contributed by atoms with E-state index in [1.165, 1.54) is 17.5 Å². The number of carboxylic acid groups (broad SMARTS) is 1. The van der Waals surface area contributed by atoms with Crippen molar-refractivity contribution in [2.24, 2.45) is 11.8 Å². The van der Waals surface area contributed by atoms with Gasteiger partial charge in [-0.3, -0.25) is 9.69 Å². The molecule has 0 spiro atoms. The van der Waals surface area contributed by atoms with Crippen LogP contribution < -0.4 is 4.90 Å². The molecule has 2 saturated heterocycles. The molecule has 1 aliphatic carbocycles. The average molecular weight is 600 g/mol. The van der Waals surface area contributed by atoms with E-state index in [-0.39, 0.29) is 12.0 Å². The highest BCUT2D eigenvalue weighted by atomic mass is 16.5. The number of piperidine rings is 1. The fourth-order valence-corrected chi connectivity index (χ4v) is 8.14. The molecule has 0 amide bonds. The van der Waals surface area contributed by atoms with Gasteiger partial charge in [0.1, 0.15) is 6.04 Å². The lowest BCUT2D eigenvalue weighted by atomic mass is 9.83. The smallest absolute Gasteiger partial charge is 0.321 e. The number of aliphatic carboxylic acids is 1. The molecule has 0 radical (unpaired) electrons. The van der Waals surface area contributed by atoms with Crippen molar-refractivity contribution in [2.45, 2.75) is 82.7 Å². The van der Waals surface area contributed by atoms with E-state index in [0.717, 1.165) is 84.2 Å². The molecular formula is C36H49N5O3. The summed E-state index contributed by atoms with van der Waals surface area (Å²) in [7, 11) is 0. The number of hydrogen-bond donors (Lipinski definition) is 1. The van der Waals surface area contributed by atoms with Gasteiger partial charge in [0, 0.05) is 51.2 Å². The van der Waals surface area contributed by atoms with Crippen molar-refractivity contribution in [1.82, 2.24) is 19.9 Å². The molecule has 236 valence electrons. The molecule has 1 saturated carbocycles. The molecule has 3 atom stereocenters. The Morgan fingerprint density at radius 2 is 1.68 bits per heavy atom. The highest BCUT2D eigenvalue weighted by molar-refractivity contribution is 5.74. The first-order valence-electron chi connectivity index (χ1n) is 17.0. The number of likely N-dealkylation sites (tertiary alicyclic amines) is 2. The van der Waals surface area contributed by atoms with Crippen molar-refractivity contribution in [3.05, 3.63) is 77.7 Å². The van der Waals surface area contributed by atoms with Gasteiger partial charge in [0.2, 0.25) is 5.89 Å². The molecule has 44 heavy (non-hydrogen) atoms. The molecule has 2 aromatic carbocycles. The summed E-state index contributed by atoms with van der Waals surface area (Å²) in [6.07, 6.45) is 9.47. The maximum Gasteiger partial charge on any atom is 0.321 e. The van der Waals surface area contributed by atoms with Crippen molar-refractivity contribution in [3.8, 4) is 0 Å². The van der Waals surface area contributed by atoms with Crippen LogP contribution in [0.3, 0.4) is 0 Å². The fraction of sp³-hybridized carbons (Fsp3) is 0.583. The highest BCUT2D eigenvalue weighted by Crippen LogP contribution is 2.38. The molecular weight excluding hydrogens is 550 g/mol. The summed E-state index contributed by atoms with van der Waals surface area (Å²) in [4.78, 5) is 24.7. The van der Waals surface area contributed by atoms with Crippen molar-refractivity contribution in [2.75, 3.05) is 44.2 Å². The van der Waals surface area contributed by atoms with Crippen LogP contribution in [0.2, 0.25) is 0 Å². The van der Waals surface area contributed by atoms with Crippen molar-refractivity contribution in [3.63, 3.8) is 0 Å². The molecule has 8 nitrogen and oxygen atoms in total. The molecule has 2 aliphatic heterocycles. The van der Waals surface area contributed by atoms with Crippen LogP contribution in [0, 0.1) is 11.8 Å². The third-order valence-electron chi connectivity index (χ3n) is 10.3. The number of nitrogens with zero attached hydrogens (tertiary/aromatic N) is 5. The number of aromatic nitrogens is 2. The summed E-state index contributed by atoms with van der Waals surface area (Å²) in [6.45, 7) is 7.90. The van der Waals surface area contributed by atoms with E-state index in [2.05, 4.69) is 69.2 Å². The van der Waals surface area contributed by atoms with Gasteiger partial charge in [0.25, 0.3) is 5.95 Å². The van der Waals surface area contributed by atoms with Crippen LogP contribution in [0.4, 0.5) is 5.95 Å². The zero-order valence-electron chi connectivity index (χ0n) is 26.3. The summed E-state index contributed by atoms with van der Waals surface area (Å²) in [5.41, 5.74) is 2.52. The number of anilines is 1. The van der Waals surface area contributed by atoms with Crippen LogP contribution in [0.1, 0.15) is 81.2 Å². The van der Waals surface area contributed by atoms with E-state index in [4.69, 9.17) is 9.51 Å². The fourth-order valence-electron chi connectivity index (χ4n) is 8.14. The van der Waals surface area contributed by atoms with Gasteiger partial charge in [-0.1, -0.05) is 86.8 Å². The molecule has 1 N–H and O–H groups in total. The molecule has 1 aromatic heterocycles. The average Bonchev–Trinajstić information content (AvgIpc) is 3.69. The molecule has 3 unspecified atom stereocenters. The van der Waals surface area contributed by atoms with Gasteiger partial charge < -0.3 is 19.4 Å². The summed E-state index contributed by atoms with van der Waals surface area (Å²) in [5.74, 6) is 1.80. The molecule has 3 aliphatic rings. The Balaban J connectivity index is 1.10. The van der Waals surface area contributed by atoms with E-state index < -0.39 is 5.97 Å². The Bertz CT molecular complexity index is 1300. The lowest BCUT2D eigenvalue weighted by Crippen LogP contribution is -2.48. The minimum Gasteiger partial charge on any atom is -0.480 e. The second-order valence-electron chi connectivity index (χ2n) is 13.3. The van der Waals surface area contributed by atoms with Crippen molar-refractivity contribution >= 4 is 11.9 Å². The summed E-state index contributed by atoms with van der Waals surface area (Å²) >= 11 is 0. The second-order valence-corrected chi connectivity index (χ2v) is 13.3. The predicted octanol–water partition coefficient (Wildman–Crippen LogP) is 6.09. The quantitative estimate of drug-likeness (QED) is 0.268. The molecule has 3 aromatic rings. The van der Waals surface area contributed by atoms with Gasteiger partial charge in [0.15, 0.2) is 0 Å². The number of benzene rings is 2. The Kier molecular flexibility index (Phi) is 10.3. The van der Waals surface area contributed by atoms with E-state index in [9.17, 15) is 9.90 Å². The monoisotopic (exact) mass is 599 g/mol. The van der Waals surface area contributed by atoms with E-state index in [1.54, 1.807) is 0 Å². The predicted molar refractivity (Wildman–Crippen MR) is 173 cm³/mol. The molecule has 3 fully saturated rings. The Morgan fingerprint density at radius 1 is 0.977 bits per heavy atom. The number of carbonyl (C=O) groups is 1. The Morgan fingerprint density at radius 3 is 2.36 bits per heavy atom. The van der Waals surface area contributed by atoms with Gasteiger partial charge in [-0.2, -0.15) is 4.98 Å². The first-order valence-corrected chi connectivity index (χ1v) is 17.0. The van der Waals surface area contributed by atoms with Gasteiger partial charge in [0.05, 0.1) is 6.42 Å². The third kappa shape index (κ3) is 7.35. The lowest BCUT2D eigenvalue weighted by molar-refractivity contribution is -0.145. The lowest BCUT2D eigenvalue weighted by Gasteiger charge is -2.39. The standard InChI is InChI=1S/C36H49N5O3/c1-2-20-41(36-37-33(44-38-36)23-27-12-6-3-7-13-27)31-18-21-39(22-19-31)24-30-25-40(26-32(30)28-14-8-4-9-15-28)34(35(42)43)29-16-10-5-11-17-29/h3-4,6-9,12-15,29-32,34H,2,5,10-11,16-26H2,1H3,(H,42,43). The minimum absolute atomic E-state index is 0.273. The molecule has 8 heteroatoms. The largest absolute Gasteiger partial charge is 0.480 e. The van der Waals surface area contributed by atoms with Gasteiger partial charge in [-0.05, 0) is 60.2 Å². The van der Waals surface area contributed by atoms with Gasteiger partial charge in [-0.15, -0.1) is 0 Å². The normalized spacial score (nSPS) is 23.1. The third-order valence-corrected chi connectivity index (χ3v) is 10.3. The summed E-state index contributed by atoms with van der Waals surface area (Å²) in [6, 6.07) is 21.1. The topological polar surface area (TPSA) is 85.9 Å². The maximum absolute atomic E-state index is 12.6. The van der Waals surface area contributed by atoms with Crippen LogP contribution in [0.25, 0.3) is 0 Å². The SMILES string of the molecule is CCCN(c1noc(Cc2ccccc2)n1)C1CCN(CC2CN(C(C(=O)O)C3CCCCC3)CC2c2ccccc2)CC1. The molecule has 3 heterocycles. The number of hydrogen-bond acceptors (Lipinski definition) is 7. The zero-order chi connectivity index (χ0) is 30.3. The summed E-state index contributed by atoms with van der Waals surface area (Å²) < 4.78 is 5.68. The Labute approximate surface area is 262 Å². The van der Waals surface area contributed by atoms with Gasteiger partial charge in [-0.25, -0.2) is 0 Å². The van der Waals surface area contributed by atoms with E-state index >= 15 is 0 Å². The Hall–Kier alpha value is -3.23. The zero-order valence-corrected chi connectivity index (χ0v) is 26.3. The highest BCUT2D eigenvalue weighted by Gasteiger charge is 2.43. The molecule has 0 bridgehead atoms. The van der Waals surface area contributed by atoms with Crippen LogP contribution in [0.5, 0.6) is 0 Å². The van der Waals surface area contributed by atoms with E-state index in [1.807, 2.05) is 18.2 Å². The van der Waals surface area contributed by atoms with Gasteiger partial charge >= 0.3 is 5.97 Å². The second kappa shape index (κ2) is 14.7. The minimum atomic E-state index is -0.630. The first kappa shape index (κ1) is 30.8. The van der Waals surface area contributed by atoms with Crippen molar-refractivity contribution < 1.29 is 14.4 Å². The first-order chi connectivity index (χ1) is 21.6. The van der Waals surface area contributed by atoms with Crippen LogP contribution in [0.15, 0.2) is 65.2 Å². The van der Waals surface area contributed by atoms with Crippen LogP contribution in [-0.2, 0) is 11.2 Å².